The molecule has 6 heteroatoms. The van der Waals surface area contributed by atoms with E-state index in [1.165, 1.54) is 6.42 Å². The van der Waals surface area contributed by atoms with Gasteiger partial charge in [0.05, 0.1) is 6.04 Å². The predicted octanol–water partition coefficient (Wildman–Crippen LogP) is 0.982. The second kappa shape index (κ2) is 4.61. The molecule has 1 fully saturated rings. The van der Waals surface area contributed by atoms with Gasteiger partial charge in [0.25, 0.3) is 5.95 Å². The third kappa shape index (κ3) is 2.16. The molecule has 1 N–H and O–H groups in total. The van der Waals surface area contributed by atoms with Crippen LogP contribution in [0.4, 0.5) is 5.95 Å². The molecule has 1 aliphatic heterocycles. The highest BCUT2D eigenvalue weighted by Crippen LogP contribution is 2.22. The van der Waals surface area contributed by atoms with Crippen molar-refractivity contribution in [3.63, 3.8) is 0 Å². The van der Waals surface area contributed by atoms with Crippen LogP contribution in [0.1, 0.15) is 24.8 Å². The van der Waals surface area contributed by atoms with Crippen LogP contribution in [0.2, 0.25) is 0 Å². The molecule has 0 saturated carbocycles. The highest BCUT2D eigenvalue weighted by molar-refractivity contribution is 5.85. The molecule has 0 spiro atoms. The maximum atomic E-state index is 5.14. The summed E-state index contributed by atoms with van der Waals surface area (Å²) in [7, 11) is 3.80. The highest BCUT2D eigenvalue weighted by atomic mass is 35.5. The Balaban J connectivity index is 0.000000980. The van der Waals surface area contributed by atoms with Crippen molar-refractivity contribution < 1.29 is 4.52 Å². The van der Waals surface area contributed by atoms with Crippen LogP contribution >= 0.6 is 12.4 Å². The van der Waals surface area contributed by atoms with Gasteiger partial charge in [0.15, 0.2) is 0 Å². The Labute approximate surface area is 89.3 Å². The Morgan fingerprint density at radius 1 is 1.50 bits per heavy atom. The summed E-state index contributed by atoms with van der Waals surface area (Å²) < 4.78 is 5.14. The highest BCUT2D eigenvalue weighted by Gasteiger charge is 2.22. The Hall–Kier alpha value is -0.810. The molecule has 0 aromatic carbocycles. The van der Waals surface area contributed by atoms with Gasteiger partial charge in [-0.3, -0.25) is 0 Å². The van der Waals surface area contributed by atoms with Gasteiger partial charge in [-0.25, -0.2) is 0 Å². The van der Waals surface area contributed by atoms with E-state index in [1.54, 1.807) is 0 Å². The summed E-state index contributed by atoms with van der Waals surface area (Å²) in [4.78, 5) is 6.11. The lowest BCUT2D eigenvalue weighted by atomic mass is 10.2. The zero-order valence-corrected chi connectivity index (χ0v) is 9.17. The number of hydrogen-bond acceptors (Lipinski definition) is 5. The van der Waals surface area contributed by atoms with E-state index >= 15 is 0 Å². The van der Waals surface area contributed by atoms with Crippen molar-refractivity contribution in [2.75, 3.05) is 25.5 Å². The molecule has 80 valence electrons. The minimum Gasteiger partial charge on any atom is -0.344 e. The molecule has 0 bridgehead atoms. The number of anilines is 1. The van der Waals surface area contributed by atoms with E-state index in [0.29, 0.717) is 11.8 Å². The van der Waals surface area contributed by atoms with Crippen molar-refractivity contribution in [2.45, 2.75) is 18.9 Å². The van der Waals surface area contributed by atoms with Gasteiger partial charge in [0.1, 0.15) is 0 Å². The van der Waals surface area contributed by atoms with Gasteiger partial charge in [-0.2, -0.15) is 4.98 Å². The van der Waals surface area contributed by atoms with Crippen LogP contribution < -0.4 is 10.2 Å². The fourth-order valence-corrected chi connectivity index (χ4v) is 1.45. The monoisotopic (exact) mass is 218 g/mol. The Bertz CT molecular complexity index is 283. The van der Waals surface area contributed by atoms with Gasteiger partial charge in [0, 0.05) is 14.1 Å². The number of nitrogens with one attached hydrogen (secondary N) is 1. The summed E-state index contributed by atoms with van der Waals surface area (Å²) in [6.07, 6.45) is 2.28. The average Bonchev–Trinajstić information content (AvgIpc) is 2.75. The number of hydrogen-bond donors (Lipinski definition) is 1. The molecule has 0 aliphatic carbocycles. The molecule has 0 amide bonds. The summed E-state index contributed by atoms with van der Waals surface area (Å²) in [5.41, 5.74) is 0. The Morgan fingerprint density at radius 3 is 2.79 bits per heavy atom. The molecule has 1 atom stereocenters. The SMILES string of the molecule is CN(C)c1noc(C2CCCN2)n1.Cl. The molecule has 14 heavy (non-hydrogen) atoms. The van der Waals surface area contributed by atoms with Crippen LogP contribution in [0.5, 0.6) is 0 Å². The van der Waals surface area contributed by atoms with Crippen molar-refractivity contribution in [3.05, 3.63) is 5.89 Å². The van der Waals surface area contributed by atoms with E-state index in [9.17, 15) is 0 Å². The zero-order chi connectivity index (χ0) is 9.26. The van der Waals surface area contributed by atoms with Crippen LogP contribution in [-0.2, 0) is 0 Å². The number of halogens is 1. The van der Waals surface area contributed by atoms with Crippen molar-refractivity contribution in [1.29, 1.82) is 0 Å². The van der Waals surface area contributed by atoms with E-state index in [-0.39, 0.29) is 18.4 Å². The summed E-state index contributed by atoms with van der Waals surface area (Å²) in [6.45, 7) is 1.05. The number of rotatable bonds is 2. The van der Waals surface area contributed by atoms with E-state index in [1.807, 2.05) is 19.0 Å². The topological polar surface area (TPSA) is 54.2 Å². The van der Waals surface area contributed by atoms with Crippen LogP contribution in [0.3, 0.4) is 0 Å². The molecule has 2 heterocycles. The summed E-state index contributed by atoms with van der Waals surface area (Å²) in [6, 6.07) is 0.265. The third-order valence-corrected chi connectivity index (χ3v) is 2.19. The minimum absolute atomic E-state index is 0. The minimum atomic E-state index is 0. The van der Waals surface area contributed by atoms with Crippen molar-refractivity contribution in [3.8, 4) is 0 Å². The summed E-state index contributed by atoms with van der Waals surface area (Å²) in [5, 5.41) is 7.17. The van der Waals surface area contributed by atoms with E-state index < -0.39 is 0 Å². The summed E-state index contributed by atoms with van der Waals surface area (Å²) in [5.74, 6) is 1.35. The van der Waals surface area contributed by atoms with Gasteiger partial charge in [-0.15, -0.1) is 12.4 Å². The second-order valence-corrected chi connectivity index (χ2v) is 3.48. The fraction of sp³-hybridized carbons (Fsp3) is 0.750. The van der Waals surface area contributed by atoms with Gasteiger partial charge < -0.3 is 14.7 Å². The van der Waals surface area contributed by atoms with Crippen LogP contribution in [0.25, 0.3) is 0 Å². The van der Waals surface area contributed by atoms with E-state index in [2.05, 4.69) is 15.5 Å². The summed E-state index contributed by atoms with van der Waals surface area (Å²) >= 11 is 0. The first kappa shape index (κ1) is 11.3. The number of aromatic nitrogens is 2. The molecule has 2 rings (SSSR count). The molecular formula is C8H15ClN4O. The van der Waals surface area contributed by atoms with Crippen LogP contribution in [0.15, 0.2) is 4.52 Å². The maximum Gasteiger partial charge on any atom is 0.265 e. The first-order chi connectivity index (χ1) is 6.27. The Morgan fingerprint density at radius 2 is 2.29 bits per heavy atom. The van der Waals surface area contributed by atoms with Gasteiger partial charge in [-0.1, -0.05) is 0 Å². The number of nitrogens with zero attached hydrogens (tertiary/aromatic N) is 3. The first-order valence-electron chi connectivity index (χ1n) is 4.51. The predicted molar refractivity (Wildman–Crippen MR) is 55.9 cm³/mol. The van der Waals surface area contributed by atoms with Gasteiger partial charge in [0.2, 0.25) is 5.89 Å². The fourth-order valence-electron chi connectivity index (χ4n) is 1.45. The molecule has 5 nitrogen and oxygen atoms in total. The normalized spacial score (nSPS) is 20.6. The quantitative estimate of drug-likeness (QED) is 0.802. The van der Waals surface area contributed by atoms with Crippen molar-refractivity contribution >= 4 is 18.4 Å². The average molecular weight is 219 g/mol. The molecule has 1 aromatic rings. The first-order valence-corrected chi connectivity index (χ1v) is 4.51. The van der Waals surface area contributed by atoms with Crippen LogP contribution in [0, 0.1) is 0 Å². The van der Waals surface area contributed by atoms with Crippen LogP contribution in [-0.4, -0.2) is 30.8 Å². The molecular weight excluding hydrogens is 204 g/mol. The molecule has 0 radical (unpaired) electrons. The lowest BCUT2D eigenvalue weighted by Gasteiger charge is -2.04. The smallest absolute Gasteiger partial charge is 0.265 e. The standard InChI is InChI=1S/C8H14N4O.ClH/c1-12(2)8-10-7(13-11-8)6-4-3-5-9-6;/h6,9H,3-5H2,1-2H3;1H. The molecule has 1 aliphatic rings. The lowest BCUT2D eigenvalue weighted by molar-refractivity contribution is 0.344. The third-order valence-electron chi connectivity index (χ3n) is 2.19. The molecule has 1 saturated heterocycles. The largest absolute Gasteiger partial charge is 0.344 e. The van der Waals surface area contributed by atoms with E-state index in [4.69, 9.17) is 4.52 Å². The Kier molecular flexibility index (Phi) is 3.71. The van der Waals surface area contributed by atoms with Crippen molar-refractivity contribution in [1.82, 2.24) is 15.5 Å². The molecule has 1 unspecified atom stereocenters. The molecule has 1 aromatic heterocycles. The van der Waals surface area contributed by atoms with Gasteiger partial charge in [-0.05, 0) is 24.5 Å². The van der Waals surface area contributed by atoms with E-state index in [0.717, 1.165) is 13.0 Å². The lowest BCUT2D eigenvalue weighted by Crippen LogP contribution is -2.14. The van der Waals surface area contributed by atoms with Crippen molar-refractivity contribution in [2.24, 2.45) is 0 Å². The second-order valence-electron chi connectivity index (χ2n) is 3.48. The zero-order valence-electron chi connectivity index (χ0n) is 8.36. The maximum absolute atomic E-state index is 5.14. The van der Waals surface area contributed by atoms with Gasteiger partial charge >= 0.3 is 0 Å².